The van der Waals surface area contributed by atoms with Crippen LogP contribution in [0.4, 0.5) is 0 Å². The minimum atomic E-state index is 0.436. The number of hydrogen-bond donors (Lipinski definition) is 0. The van der Waals surface area contributed by atoms with E-state index >= 15 is 0 Å². The summed E-state index contributed by atoms with van der Waals surface area (Å²) in [5.74, 6) is 2.91. The fraction of sp³-hybridized carbons (Fsp3) is 0.538. The van der Waals surface area contributed by atoms with Gasteiger partial charge >= 0.3 is 0 Å². The number of rotatable bonds is 4. The summed E-state index contributed by atoms with van der Waals surface area (Å²) in [4.78, 5) is 9.04. The predicted molar refractivity (Wildman–Crippen MR) is 76.7 cm³/mol. The lowest BCUT2D eigenvalue weighted by Gasteiger charge is -2.13. The van der Waals surface area contributed by atoms with Crippen LogP contribution in [-0.4, -0.2) is 14.5 Å². The number of aromatic nitrogens is 3. The van der Waals surface area contributed by atoms with Crippen LogP contribution in [0, 0.1) is 11.8 Å². The van der Waals surface area contributed by atoms with Crippen molar-refractivity contribution in [3.05, 3.63) is 22.6 Å². The van der Waals surface area contributed by atoms with E-state index in [1.54, 1.807) is 0 Å². The number of nitrogens with zero attached hydrogens (tertiary/aromatic N) is 3. The Morgan fingerprint density at radius 1 is 1.56 bits per heavy atom. The number of imidazole rings is 1. The second-order valence-corrected chi connectivity index (χ2v) is 6.27. The van der Waals surface area contributed by atoms with Crippen molar-refractivity contribution in [3.63, 3.8) is 0 Å². The zero-order chi connectivity index (χ0) is 12.7. The van der Waals surface area contributed by atoms with Crippen molar-refractivity contribution in [2.75, 3.05) is 0 Å². The molecule has 0 amide bonds. The number of alkyl halides is 1. The average molecular weight is 329 g/mol. The quantitative estimate of drug-likeness (QED) is 0.795. The summed E-state index contributed by atoms with van der Waals surface area (Å²) in [6.45, 7) is 3.28. The molecule has 0 spiro atoms. The van der Waals surface area contributed by atoms with Gasteiger partial charge in [0.05, 0.1) is 5.88 Å². The molecule has 1 saturated carbocycles. The largest absolute Gasteiger partial charge is 0.311 e. The van der Waals surface area contributed by atoms with E-state index in [-0.39, 0.29) is 0 Å². The lowest BCUT2D eigenvalue weighted by molar-refractivity contribution is 0.429. The smallest absolute Gasteiger partial charge is 0.160 e. The molecule has 0 saturated heterocycles. The molecule has 1 aliphatic carbocycles. The second-order valence-electron chi connectivity index (χ2n) is 5.08. The molecular formula is C13H15BrClN3. The summed E-state index contributed by atoms with van der Waals surface area (Å²) < 4.78 is 3.13. The Balaban J connectivity index is 2.01. The Labute approximate surface area is 120 Å². The number of fused-ring (bicyclic) bond motifs is 1. The summed E-state index contributed by atoms with van der Waals surface area (Å²) in [5, 5.41) is 0. The maximum atomic E-state index is 6.00. The van der Waals surface area contributed by atoms with Gasteiger partial charge in [-0.15, -0.1) is 11.6 Å². The SMILES string of the molecule is CC(Cn1c(CCl)nc2cc(Br)cnc21)C1CC1. The van der Waals surface area contributed by atoms with Gasteiger partial charge in [0.25, 0.3) is 0 Å². The third-order valence-corrected chi connectivity index (χ3v) is 4.32. The van der Waals surface area contributed by atoms with E-state index in [9.17, 15) is 0 Å². The third-order valence-electron chi connectivity index (χ3n) is 3.65. The van der Waals surface area contributed by atoms with E-state index in [2.05, 4.69) is 37.4 Å². The van der Waals surface area contributed by atoms with Gasteiger partial charge in [-0.1, -0.05) is 6.92 Å². The fourth-order valence-electron chi connectivity index (χ4n) is 2.43. The second kappa shape index (κ2) is 4.82. The van der Waals surface area contributed by atoms with Crippen LogP contribution in [0.1, 0.15) is 25.6 Å². The molecule has 3 rings (SSSR count). The first-order chi connectivity index (χ1) is 8.69. The van der Waals surface area contributed by atoms with E-state index in [1.165, 1.54) is 12.8 Å². The fourth-order valence-corrected chi connectivity index (χ4v) is 2.95. The molecule has 1 fully saturated rings. The van der Waals surface area contributed by atoms with Gasteiger partial charge in [-0.05, 0) is 46.7 Å². The lowest BCUT2D eigenvalue weighted by Crippen LogP contribution is -2.12. The normalized spacial score (nSPS) is 17.3. The van der Waals surface area contributed by atoms with E-state index in [0.29, 0.717) is 11.8 Å². The van der Waals surface area contributed by atoms with Gasteiger partial charge in [0.15, 0.2) is 5.65 Å². The molecule has 1 aliphatic rings. The van der Waals surface area contributed by atoms with Gasteiger partial charge in [-0.2, -0.15) is 0 Å². The summed E-state index contributed by atoms with van der Waals surface area (Å²) in [7, 11) is 0. The zero-order valence-electron chi connectivity index (χ0n) is 10.2. The molecule has 96 valence electrons. The molecule has 2 aromatic heterocycles. The monoisotopic (exact) mass is 327 g/mol. The van der Waals surface area contributed by atoms with Crippen LogP contribution >= 0.6 is 27.5 Å². The Kier molecular flexibility index (Phi) is 3.32. The molecule has 0 radical (unpaired) electrons. The highest BCUT2D eigenvalue weighted by Crippen LogP contribution is 2.37. The molecule has 2 heterocycles. The first-order valence-corrected chi connectivity index (χ1v) is 7.58. The molecule has 1 atom stereocenters. The molecule has 0 N–H and O–H groups in total. The maximum Gasteiger partial charge on any atom is 0.160 e. The Hall–Kier alpha value is -0.610. The minimum Gasteiger partial charge on any atom is -0.311 e. The molecule has 5 heteroatoms. The van der Waals surface area contributed by atoms with E-state index in [4.69, 9.17) is 11.6 Å². The number of hydrogen-bond acceptors (Lipinski definition) is 2. The molecule has 18 heavy (non-hydrogen) atoms. The minimum absolute atomic E-state index is 0.436. The molecular weight excluding hydrogens is 314 g/mol. The van der Waals surface area contributed by atoms with Gasteiger partial charge in [0.1, 0.15) is 11.3 Å². The van der Waals surface area contributed by atoms with Crippen molar-refractivity contribution in [1.82, 2.24) is 14.5 Å². The molecule has 3 nitrogen and oxygen atoms in total. The molecule has 0 bridgehead atoms. The Morgan fingerprint density at radius 2 is 2.33 bits per heavy atom. The van der Waals surface area contributed by atoms with Crippen molar-refractivity contribution in [2.24, 2.45) is 11.8 Å². The van der Waals surface area contributed by atoms with Crippen molar-refractivity contribution >= 4 is 38.7 Å². The standard InChI is InChI=1S/C13H15BrClN3/c1-8(9-2-3-9)7-18-12(5-15)17-11-4-10(14)6-16-13(11)18/h4,6,8-9H,2-3,5,7H2,1H3. The third kappa shape index (κ3) is 2.28. The average Bonchev–Trinajstić information content (AvgIpc) is 3.14. The van der Waals surface area contributed by atoms with Crippen molar-refractivity contribution in [1.29, 1.82) is 0 Å². The van der Waals surface area contributed by atoms with Crippen LogP contribution in [0.15, 0.2) is 16.7 Å². The van der Waals surface area contributed by atoms with Crippen LogP contribution in [-0.2, 0) is 12.4 Å². The highest BCUT2D eigenvalue weighted by atomic mass is 79.9. The van der Waals surface area contributed by atoms with Gasteiger partial charge in [-0.25, -0.2) is 9.97 Å². The highest BCUT2D eigenvalue weighted by molar-refractivity contribution is 9.10. The summed E-state index contributed by atoms with van der Waals surface area (Å²) in [5.41, 5.74) is 1.87. The summed E-state index contributed by atoms with van der Waals surface area (Å²) in [6.07, 6.45) is 4.55. The van der Waals surface area contributed by atoms with E-state index in [1.807, 2.05) is 12.3 Å². The predicted octanol–water partition coefficient (Wildman–Crippen LogP) is 3.98. The van der Waals surface area contributed by atoms with Crippen LogP contribution in [0.3, 0.4) is 0 Å². The molecule has 1 unspecified atom stereocenters. The zero-order valence-corrected chi connectivity index (χ0v) is 12.6. The van der Waals surface area contributed by atoms with Crippen LogP contribution < -0.4 is 0 Å². The van der Waals surface area contributed by atoms with E-state index < -0.39 is 0 Å². The Bertz CT molecular complexity index is 577. The summed E-state index contributed by atoms with van der Waals surface area (Å²) >= 11 is 9.43. The lowest BCUT2D eigenvalue weighted by atomic mass is 10.1. The van der Waals surface area contributed by atoms with Gasteiger partial charge < -0.3 is 4.57 Å². The van der Waals surface area contributed by atoms with Gasteiger partial charge in [0, 0.05) is 17.2 Å². The van der Waals surface area contributed by atoms with Crippen LogP contribution in [0.5, 0.6) is 0 Å². The Morgan fingerprint density at radius 3 is 3.00 bits per heavy atom. The first kappa shape index (κ1) is 12.4. The topological polar surface area (TPSA) is 30.7 Å². The van der Waals surface area contributed by atoms with Crippen molar-refractivity contribution in [2.45, 2.75) is 32.2 Å². The first-order valence-electron chi connectivity index (χ1n) is 6.25. The number of pyridine rings is 1. The molecule has 0 aliphatic heterocycles. The maximum absolute atomic E-state index is 6.00. The van der Waals surface area contributed by atoms with Crippen molar-refractivity contribution < 1.29 is 0 Å². The van der Waals surface area contributed by atoms with E-state index in [0.717, 1.165) is 33.9 Å². The van der Waals surface area contributed by atoms with Gasteiger partial charge in [0.2, 0.25) is 0 Å². The van der Waals surface area contributed by atoms with Crippen molar-refractivity contribution in [3.8, 4) is 0 Å². The number of halogens is 2. The van der Waals surface area contributed by atoms with Crippen LogP contribution in [0.25, 0.3) is 11.2 Å². The van der Waals surface area contributed by atoms with Crippen LogP contribution in [0.2, 0.25) is 0 Å². The highest BCUT2D eigenvalue weighted by Gasteiger charge is 2.29. The molecule has 2 aromatic rings. The summed E-state index contributed by atoms with van der Waals surface area (Å²) in [6, 6.07) is 2.00. The molecule has 0 aromatic carbocycles. The van der Waals surface area contributed by atoms with Gasteiger partial charge in [-0.3, -0.25) is 0 Å².